The van der Waals surface area contributed by atoms with Gasteiger partial charge in [-0.15, -0.1) is 0 Å². The van der Waals surface area contributed by atoms with Crippen molar-refractivity contribution in [1.82, 2.24) is 15.0 Å². The first-order valence-electron chi connectivity index (χ1n) is 7.07. The highest BCUT2D eigenvalue weighted by atomic mass is 16.5. The van der Waals surface area contributed by atoms with Crippen LogP contribution in [-0.2, 0) is 6.54 Å². The molecule has 20 heavy (non-hydrogen) atoms. The number of rotatable bonds is 4. The number of furan rings is 1. The van der Waals surface area contributed by atoms with Gasteiger partial charge in [-0.2, -0.15) is 4.98 Å². The van der Waals surface area contributed by atoms with Gasteiger partial charge in [0.05, 0.1) is 12.8 Å². The highest BCUT2D eigenvalue weighted by Crippen LogP contribution is 2.21. The molecule has 0 spiro atoms. The SMILES string of the molecule is CC(N)C1CCN(Cc2nc(-c3ccco3)no2)CC1. The van der Waals surface area contributed by atoms with E-state index in [0.29, 0.717) is 29.9 Å². The topological polar surface area (TPSA) is 81.3 Å². The fourth-order valence-corrected chi connectivity index (χ4v) is 2.65. The quantitative estimate of drug-likeness (QED) is 0.918. The Hall–Kier alpha value is -1.66. The van der Waals surface area contributed by atoms with Crippen LogP contribution in [0, 0.1) is 5.92 Å². The number of nitrogens with zero attached hydrogens (tertiary/aromatic N) is 3. The van der Waals surface area contributed by atoms with E-state index in [9.17, 15) is 0 Å². The number of aromatic nitrogens is 2. The Morgan fingerprint density at radius 1 is 1.45 bits per heavy atom. The maximum absolute atomic E-state index is 5.95. The van der Waals surface area contributed by atoms with E-state index in [0.717, 1.165) is 25.9 Å². The lowest BCUT2D eigenvalue weighted by atomic mass is 9.91. The van der Waals surface area contributed by atoms with Crippen LogP contribution in [0.2, 0.25) is 0 Å². The van der Waals surface area contributed by atoms with E-state index in [4.69, 9.17) is 14.7 Å². The molecule has 108 valence electrons. The second kappa shape index (κ2) is 5.76. The van der Waals surface area contributed by atoms with Crippen LogP contribution in [0.4, 0.5) is 0 Å². The van der Waals surface area contributed by atoms with E-state index in [-0.39, 0.29) is 6.04 Å². The van der Waals surface area contributed by atoms with Gasteiger partial charge < -0.3 is 14.7 Å². The van der Waals surface area contributed by atoms with Gasteiger partial charge in [-0.3, -0.25) is 4.90 Å². The smallest absolute Gasteiger partial charge is 0.241 e. The minimum atomic E-state index is 0.283. The molecule has 3 heterocycles. The first kappa shape index (κ1) is 13.3. The normalized spacial score (nSPS) is 19.3. The third-order valence-corrected chi connectivity index (χ3v) is 3.94. The maximum Gasteiger partial charge on any atom is 0.241 e. The van der Waals surface area contributed by atoms with Crippen LogP contribution in [-0.4, -0.2) is 34.2 Å². The van der Waals surface area contributed by atoms with Crippen molar-refractivity contribution in [2.24, 2.45) is 11.7 Å². The van der Waals surface area contributed by atoms with Crippen LogP contribution >= 0.6 is 0 Å². The van der Waals surface area contributed by atoms with E-state index in [1.165, 1.54) is 0 Å². The number of hydrogen-bond donors (Lipinski definition) is 1. The lowest BCUT2D eigenvalue weighted by Gasteiger charge is -2.32. The zero-order chi connectivity index (χ0) is 13.9. The molecule has 1 unspecified atom stereocenters. The molecular weight excluding hydrogens is 256 g/mol. The predicted molar refractivity (Wildman–Crippen MR) is 73.7 cm³/mol. The lowest BCUT2D eigenvalue weighted by Crippen LogP contribution is -2.39. The maximum atomic E-state index is 5.95. The summed E-state index contributed by atoms with van der Waals surface area (Å²) in [6.45, 7) is 4.85. The molecule has 0 aromatic carbocycles. The van der Waals surface area contributed by atoms with Crippen molar-refractivity contribution in [1.29, 1.82) is 0 Å². The fourth-order valence-electron chi connectivity index (χ4n) is 2.65. The third-order valence-electron chi connectivity index (χ3n) is 3.94. The van der Waals surface area contributed by atoms with Crippen molar-refractivity contribution in [2.75, 3.05) is 13.1 Å². The molecule has 6 nitrogen and oxygen atoms in total. The van der Waals surface area contributed by atoms with Crippen LogP contribution in [0.15, 0.2) is 27.3 Å². The van der Waals surface area contributed by atoms with Gasteiger partial charge in [0.25, 0.3) is 0 Å². The van der Waals surface area contributed by atoms with Crippen LogP contribution in [0.1, 0.15) is 25.7 Å². The largest absolute Gasteiger partial charge is 0.461 e. The summed E-state index contributed by atoms with van der Waals surface area (Å²) in [4.78, 5) is 6.69. The Kier molecular flexibility index (Phi) is 3.84. The Labute approximate surface area is 117 Å². The second-order valence-corrected chi connectivity index (χ2v) is 5.46. The molecule has 1 aliphatic rings. The molecule has 0 aliphatic carbocycles. The minimum absolute atomic E-state index is 0.283. The number of likely N-dealkylation sites (tertiary alicyclic amines) is 1. The number of piperidine rings is 1. The van der Waals surface area contributed by atoms with E-state index in [1.54, 1.807) is 6.26 Å². The summed E-state index contributed by atoms with van der Waals surface area (Å²) < 4.78 is 10.5. The molecule has 1 aliphatic heterocycles. The van der Waals surface area contributed by atoms with Gasteiger partial charge in [-0.1, -0.05) is 5.16 Å². The van der Waals surface area contributed by atoms with Crippen LogP contribution in [0.5, 0.6) is 0 Å². The summed E-state index contributed by atoms with van der Waals surface area (Å²) >= 11 is 0. The molecule has 2 N–H and O–H groups in total. The van der Waals surface area contributed by atoms with Gasteiger partial charge in [0, 0.05) is 6.04 Å². The summed E-state index contributed by atoms with van der Waals surface area (Å²) in [5.41, 5.74) is 5.95. The lowest BCUT2D eigenvalue weighted by molar-refractivity contribution is 0.150. The summed E-state index contributed by atoms with van der Waals surface area (Å²) in [7, 11) is 0. The molecule has 1 atom stereocenters. The standard InChI is InChI=1S/C14H20N4O2/c1-10(15)11-4-6-18(7-5-11)9-13-16-14(17-20-13)12-3-2-8-19-12/h2-3,8,10-11H,4-7,9,15H2,1H3. The van der Waals surface area contributed by atoms with E-state index < -0.39 is 0 Å². The van der Waals surface area contributed by atoms with Gasteiger partial charge in [-0.05, 0) is 50.9 Å². The van der Waals surface area contributed by atoms with Gasteiger partial charge in [0.15, 0.2) is 5.76 Å². The molecule has 6 heteroatoms. The van der Waals surface area contributed by atoms with E-state index in [2.05, 4.69) is 22.0 Å². The Bertz CT molecular complexity index is 527. The average molecular weight is 276 g/mol. The summed E-state index contributed by atoms with van der Waals surface area (Å²) in [5, 5.41) is 3.94. The van der Waals surface area contributed by atoms with Gasteiger partial charge >= 0.3 is 0 Å². The van der Waals surface area contributed by atoms with Crippen molar-refractivity contribution in [3.05, 3.63) is 24.3 Å². The Morgan fingerprint density at radius 2 is 2.25 bits per heavy atom. The minimum Gasteiger partial charge on any atom is -0.461 e. The molecule has 1 fully saturated rings. The monoisotopic (exact) mass is 276 g/mol. The first-order chi connectivity index (χ1) is 9.72. The zero-order valence-corrected chi connectivity index (χ0v) is 11.7. The van der Waals surface area contributed by atoms with Crippen molar-refractivity contribution < 1.29 is 8.94 Å². The average Bonchev–Trinajstić information content (AvgIpc) is 3.09. The molecule has 2 aromatic rings. The highest BCUT2D eigenvalue weighted by molar-refractivity contribution is 5.44. The van der Waals surface area contributed by atoms with Crippen LogP contribution in [0.3, 0.4) is 0 Å². The summed E-state index contributed by atoms with van der Waals surface area (Å²) in [6, 6.07) is 3.92. The molecule has 3 rings (SSSR count). The van der Waals surface area contributed by atoms with Crippen molar-refractivity contribution in [3.63, 3.8) is 0 Å². The van der Waals surface area contributed by atoms with Crippen molar-refractivity contribution in [2.45, 2.75) is 32.4 Å². The fraction of sp³-hybridized carbons (Fsp3) is 0.571. The summed E-state index contributed by atoms with van der Waals surface area (Å²) in [6.07, 6.45) is 3.87. The third kappa shape index (κ3) is 2.91. The van der Waals surface area contributed by atoms with Crippen molar-refractivity contribution in [3.8, 4) is 11.6 Å². The van der Waals surface area contributed by atoms with Gasteiger partial charge in [0.2, 0.25) is 11.7 Å². The van der Waals surface area contributed by atoms with Crippen LogP contribution < -0.4 is 5.73 Å². The number of hydrogen-bond acceptors (Lipinski definition) is 6. The molecule has 0 bridgehead atoms. The Balaban J connectivity index is 1.57. The van der Waals surface area contributed by atoms with E-state index >= 15 is 0 Å². The molecule has 1 saturated heterocycles. The molecular formula is C14H20N4O2. The number of nitrogens with two attached hydrogens (primary N) is 1. The Morgan fingerprint density at radius 3 is 2.90 bits per heavy atom. The molecule has 0 amide bonds. The van der Waals surface area contributed by atoms with Gasteiger partial charge in [0.1, 0.15) is 0 Å². The molecule has 0 radical (unpaired) electrons. The zero-order valence-electron chi connectivity index (χ0n) is 11.7. The second-order valence-electron chi connectivity index (χ2n) is 5.46. The van der Waals surface area contributed by atoms with Crippen molar-refractivity contribution >= 4 is 0 Å². The molecule has 0 saturated carbocycles. The summed E-state index contributed by atoms with van der Waals surface area (Å²) in [5.74, 6) is 2.41. The first-order valence-corrected chi connectivity index (χ1v) is 7.07. The van der Waals surface area contributed by atoms with Crippen LogP contribution in [0.25, 0.3) is 11.6 Å². The van der Waals surface area contributed by atoms with E-state index in [1.807, 2.05) is 12.1 Å². The highest BCUT2D eigenvalue weighted by Gasteiger charge is 2.23. The molecule has 2 aromatic heterocycles. The predicted octanol–water partition coefficient (Wildman–Crippen LogP) is 1.89. The van der Waals surface area contributed by atoms with Gasteiger partial charge in [-0.25, -0.2) is 0 Å².